The lowest BCUT2D eigenvalue weighted by atomic mass is 10.2. The Labute approximate surface area is 167 Å². The number of hydrogen-bond acceptors (Lipinski definition) is 6. The minimum Gasteiger partial charge on any atom is -0.434 e. The van der Waals surface area contributed by atoms with E-state index in [4.69, 9.17) is 16.3 Å². The molecule has 3 rings (SSSR count). The molecule has 0 saturated heterocycles. The van der Waals surface area contributed by atoms with E-state index in [-0.39, 0.29) is 17.4 Å². The van der Waals surface area contributed by atoms with Crippen LogP contribution in [0.3, 0.4) is 0 Å². The van der Waals surface area contributed by atoms with E-state index in [0.717, 1.165) is 24.0 Å². The summed E-state index contributed by atoms with van der Waals surface area (Å²) in [6, 6.07) is 9.69. The monoisotopic (exact) mass is 424 g/mol. The van der Waals surface area contributed by atoms with Gasteiger partial charge < -0.3 is 10.1 Å². The van der Waals surface area contributed by atoms with Crippen molar-refractivity contribution in [2.45, 2.75) is 13.1 Å². The van der Waals surface area contributed by atoms with E-state index in [2.05, 4.69) is 15.3 Å². The first-order chi connectivity index (χ1) is 13.6. The zero-order valence-corrected chi connectivity index (χ0v) is 15.5. The standard InChI is InChI=1S/C18H12ClF3N4O3/c1-10-2-5-12(6-3-10)29-17-15(26(27)28)16(23-9-24-17)25-11-4-7-14(19)13(8-11)18(20,21)22/h2-9H,1H3,(H,23,24,25). The van der Waals surface area contributed by atoms with E-state index in [1.54, 1.807) is 24.3 Å². The Hall–Kier alpha value is -3.40. The number of alkyl halides is 3. The van der Waals surface area contributed by atoms with Crippen LogP contribution in [0, 0.1) is 17.0 Å². The van der Waals surface area contributed by atoms with Crippen molar-refractivity contribution in [2.24, 2.45) is 0 Å². The van der Waals surface area contributed by atoms with Crippen LogP contribution in [0.1, 0.15) is 11.1 Å². The van der Waals surface area contributed by atoms with Crippen LogP contribution in [0.5, 0.6) is 11.6 Å². The predicted octanol–water partition coefficient (Wildman–Crippen LogP) is 5.90. The van der Waals surface area contributed by atoms with Crippen LogP contribution in [0.25, 0.3) is 0 Å². The summed E-state index contributed by atoms with van der Waals surface area (Å²) in [5, 5.41) is 13.6. The summed E-state index contributed by atoms with van der Waals surface area (Å²) in [4.78, 5) is 18.3. The molecule has 0 saturated carbocycles. The van der Waals surface area contributed by atoms with Gasteiger partial charge in [0.1, 0.15) is 12.1 Å². The first kappa shape index (κ1) is 20.3. The molecule has 0 radical (unpaired) electrons. The summed E-state index contributed by atoms with van der Waals surface area (Å²) in [7, 11) is 0. The van der Waals surface area contributed by atoms with Crippen LogP contribution in [-0.4, -0.2) is 14.9 Å². The third-order valence-corrected chi connectivity index (χ3v) is 4.07. The number of hydrogen-bond donors (Lipinski definition) is 1. The smallest absolute Gasteiger partial charge is 0.417 e. The van der Waals surface area contributed by atoms with Crippen LogP contribution < -0.4 is 10.1 Å². The maximum atomic E-state index is 13.0. The average Bonchev–Trinajstić information content (AvgIpc) is 2.64. The molecule has 11 heteroatoms. The van der Waals surface area contributed by atoms with Gasteiger partial charge in [-0.05, 0) is 37.3 Å². The maximum Gasteiger partial charge on any atom is 0.417 e. The molecule has 0 aliphatic rings. The highest BCUT2D eigenvalue weighted by Crippen LogP contribution is 2.39. The zero-order chi connectivity index (χ0) is 21.2. The SMILES string of the molecule is Cc1ccc(Oc2ncnc(Nc3ccc(Cl)c(C(F)(F)F)c3)c2[N+](=O)[O-])cc1. The first-order valence-electron chi connectivity index (χ1n) is 8.03. The molecule has 7 nitrogen and oxygen atoms in total. The molecular formula is C18H12ClF3N4O3. The van der Waals surface area contributed by atoms with Crippen LogP contribution in [0.15, 0.2) is 48.8 Å². The lowest BCUT2D eigenvalue weighted by molar-refractivity contribution is -0.385. The summed E-state index contributed by atoms with van der Waals surface area (Å²) >= 11 is 5.59. The molecule has 2 aromatic carbocycles. The summed E-state index contributed by atoms with van der Waals surface area (Å²) < 4.78 is 44.6. The molecule has 0 bridgehead atoms. The first-order valence-corrected chi connectivity index (χ1v) is 8.40. The summed E-state index contributed by atoms with van der Waals surface area (Å²) in [6.07, 6.45) is -3.69. The number of rotatable bonds is 5. The van der Waals surface area contributed by atoms with Gasteiger partial charge >= 0.3 is 17.7 Å². The second-order valence-corrected chi connectivity index (χ2v) is 6.27. The van der Waals surface area contributed by atoms with Crippen molar-refractivity contribution >= 4 is 28.8 Å². The number of aryl methyl sites for hydroxylation is 1. The topological polar surface area (TPSA) is 90.2 Å². The molecule has 1 N–H and O–H groups in total. The minimum absolute atomic E-state index is 0.0928. The van der Waals surface area contributed by atoms with E-state index < -0.39 is 27.4 Å². The third-order valence-electron chi connectivity index (χ3n) is 3.74. The lowest BCUT2D eigenvalue weighted by Crippen LogP contribution is -2.07. The highest BCUT2D eigenvalue weighted by Gasteiger charge is 2.34. The number of aromatic nitrogens is 2. The van der Waals surface area contributed by atoms with Crippen LogP contribution in [0.2, 0.25) is 5.02 Å². The summed E-state index contributed by atoms with van der Waals surface area (Å²) in [5.74, 6) is -0.391. The number of benzene rings is 2. The van der Waals surface area contributed by atoms with Gasteiger partial charge in [0, 0.05) is 5.69 Å². The second-order valence-electron chi connectivity index (χ2n) is 5.87. The van der Waals surface area contributed by atoms with Crippen molar-refractivity contribution in [3.63, 3.8) is 0 Å². The fourth-order valence-corrected chi connectivity index (χ4v) is 2.59. The predicted molar refractivity (Wildman–Crippen MR) is 99.7 cm³/mol. The molecule has 0 fully saturated rings. The van der Waals surface area contributed by atoms with Crippen molar-refractivity contribution in [1.82, 2.24) is 9.97 Å². The number of anilines is 2. The minimum atomic E-state index is -4.69. The molecule has 3 aromatic rings. The molecule has 1 heterocycles. The molecule has 0 unspecified atom stereocenters. The summed E-state index contributed by atoms with van der Waals surface area (Å²) in [5.41, 5.74) is -0.849. The van der Waals surface area contributed by atoms with Crippen molar-refractivity contribution in [3.8, 4) is 11.6 Å². The third kappa shape index (κ3) is 4.72. The van der Waals surface area contributed by atoms with Gasteiger partial charge in [-0.25, -0.2) is 4.98 Å². The van der Waals surface area contributed by atoms with Crippen molar-refractivity contribution in [3.05, 3.63) is 75.1 Å². The van der Waals surface area contributed by atoms with Crippen LogP contribution in [-0.2, 0) is 6.18 Å². The molecule has 1 aromatic heterocycles. The molecule has 0 amide bonds. The van der Waals surface area contributed by atoms with Gasteiger partial charge in [0.05, 0.1) is 15.5 Å². The molecule has 0 atom stereocenters. The van der Waals surface area contributed by atoms with Crippen molar-refractivity contribution in [2.75, 3.05) is 5.32 Å². The second kappa shape index (κ2) is 7.92. The van der Waals surface area contributed by atoms with Gasteiger partial charge in [-0.2, -0.15) is 18.2 Å². The lowest BCUT2D eigenvalue weighted by Gasteiger charge is -2.13. The molecular weight excluding hydrogens is 413 g/mol. The van der Waals surface area contributed by atoms with E-state index >= 15 is 0 Å². The van der Waals surface area contributed by atoms with E-state index in [1.807, 2.05) is 6.92 Å². The molecule has 0 aliphatic heterocycles. The quantitative estimate of drug-likeness (QED) is 0.405. The normalized spacial score (nSPS) is 11.2. The summed E-state index contributed by atoms with van der Waals surface area (Å²) in [6.45, 7) is 1.86. The number of nitrogens with one attached hydrogen (secondary N) is 1. The highest BCUT2D eigenvalue weighted by molar-refractivity contribution is 6.31. The van der Waals surface area contributed by atoms with Crippen molar-refractivity contribution in [1.29, 1.82) is 0 Å². The Bertz CT molecular complexity index is 1060. The van der Waals surface area contributed by atoms with Crippen LogP contribution in [0.4, 0.5) is 30.4 Å². The van der Waals surface area contributed by atoms with E-state index in [9.17, 15) is 23.3 Å². The Morgan fingerprint density at radius 2 is 1.83 bits per heavy atom. The average molecular weight is 425 g/mol. The zero-order valence-electron chi connectivity index (χ0n) is 14.7. The molecule has 0 spiro atoms. The number of halogens is 4. The van der Waals surface area contributed by atoms with Gasteiger partial charge in [0.15, 0.2) is 0 Å². The fourth-order valence-electron chi connectivity index (χ4n) is 2.37. The molecule has 29 heavy (non-hydrogen) atoms. The molecule has 0 aliphatic carbocycles. The maximum absolute atomic E-state index is 13.0. The Morgan fingerprint density at radius 3 is 2.45 bits per heavy atom. The van der Waals surface area contributed by atoms with Crippen molar-refractivity contribution < 1.29 is 22.8 Å². The van der Waals surface area contributed by atoms with Gasteiger partial charge in [-0.3, -0.25) is 10.1 Å². The number of nitrogens with zero attached hydrogens (tertiary/aromatic N) is 3. The number of ether oxygens (including phenoxy) is 1. The Morgan fingerprint density at radius 1 is 1.14 bits per heavy atom. The van der Waals surface area contributed by atoms with Gasteiger partial charge in [0.2, 0.25) is 5.82 Å². The fraction of sp³-hybridized carbons (Fsp3) is 0.111. The number of nitro groups is 1. The van der Waals surface area contributed by atoms with Crippen LogP contribution >= 0.6 is 11.6 Å². The largest absolute Gasteiger partial charge is 0.434 e. The highest BCUT2D eigenvalue weighted by atomic mass is 35.5. The van der Waals surface area contributed by atoms with Gasteiger partial charge in [0.25, 0.3) is 0 Å². The van der Waals surface area contributed by atoms with E-state index in [1.165, 1.54) is 6.07 Å². The van der Waals surface area contributed by atoms with Gasteiger partial charge in [-0.1, -0.05) is 29.3 Å². The van der Waals surface area contributed by atoms with Gasteiger partial charge in [-0.15, -0.1) is 0 Å². The Balaban J connectivity index is 1.98. The van der Waals surface area contributed by atoms with E-state index in [0.29, 0.717) is 5.75 Å². The molecule has 150 valence electrons. The Kier molecular flexibility index (Phi) is 5.55.